The Morgan fingerprint density at radius 1 is 0.429 bits per heavy atom. The molecule has 1 heterocycles. The van der Waals surface area contributed by atoms with Crippen LogP contribution in [0.2, 0.25) is 0 Å². The third-order valence-electron chi connectivity index (χ3n) is 10.6. The minimum absolute atomic E-state index is 0.116. The van der Waals surface area contributed by atoms with Gasteiger partial charge in [-0.1, -0.05) is 141 Å². The summed E-state index contributed by atoms with van der Waals surface area (Å²) >= 11 is 1.87. The van der Waals surface area contributed by atoms with Crippen molar-refractivity contribution in [2.75, 3.05) is 4.90 Å². The quantitative estimate of drug-likeness (QED) is 0.173. The molecule has 0 bridgehead atoms. The van der Waals surface area contributed by atoms with Crippen LogP contribution < -0.4 is 4.90 Å². The van der Waals surface area contributed by atoms with E-state index in [9.17, 15) is 0 Å². The van der Waals surface area contributed by atoms with Gasteiger partial charge in [0.15, 0.2) is 0 Å². The Morgan fingerprint density at radius 2 is 1.00 bits per heavy atom. The van der Waals surface area contributed by atoms with Crippen molar-refractivity contribution in [2.45, 2.75) is 19.3 Å². The van der Waals surface area contributed by atoms with Crippen LogP contribution in [-0.2, 0) is 5.41 Å². The average Bonchev–Trinajstić information content (AvgIpc) is 3.63. The van der Waals surface area contributed by atoms with Gasteiger partial charge in [-0.2, -0.15) is 0 Å². The number of hydrogen-bond acceptors (Lipinski definition) is 2. The molecule has 232 valence electrons. The largest absolute Gasteiger partial charge is 0.309 e. The first-order chi connectivity index (χ1) is 24.1. The van der Waals surface area contributed by atoms with Crippen LogP contribution in [0.3, 0.4) is 0 Å². The lowest BCUT2D eigenvalue weighted by Gasteiger charge is -2.32. The van der Waals surface area contributed by atoms with Crippen molar-refractivity contribution in [3.8, 4) is 22.3 Å². The van der Waals surface area contributed by atoms with E-state index in [0.29, 0.717) is 0 Å². The highest BCUT2D eigenvalue weighted by molar-refractivity contribution is 7.25. The van der Waals surface area contributed by atoms with E-state index in [1.165, 1.54) is 80.8 Å². The fourth-order valence-corrected chi connectivity index (χ4v) is 9.43. The van der Waals surface area contributed by atoms with Crippen molar-refractivity contribution in [3.05, 3.63) is 175 Å². The van der Waals surface area contributed by atoms with E-state index in [0.717, 1.165) is 11.4 Å². The number of nitrogens with zero attached hydrogens (tertiary/aromatic N) is 1. The predicted octanol–water partition coefficient (Wildman–Crippen LogP) is 13.8. The van der Waals surface area contributed by atoms with Crippen molar-refractivity contribution in [1.29, 1.82) is 0 Å². The van der Waals surface area contributed by atoms with Gasteiger partial charge in [0.05, 0.1) is 5.69 Å². The summed E-state index contributed by atoms with van der Waals surface area (Å²) in [4.78, 5) is 2.54. The Bertz CT molecular complexity index is 2750. The van der Waals surface area contributed by atoms with Crippen LogP contribution >= 0.6 is 11.3 Å². The fraction of sp³-hybridized carbons (Fsp3) is 0.0638. The van der Waals surface area contributed by atoms with E-state index in [-0.39, 0.29) is 5.41 Å². The first kappa shape index (κ1) is 28.3. The molecule has 0 atom stereocenters. The minimum Gasteiger partial charge on any atom is -0.309 e. The number of benzene rings is 8. The highest BCUT2D eigenvalue weighted by Gasteiger charge is 2.36. The first-order valence-corrected chi connectivity index (χ1v) is 17.8. The number of rotatable bonds is 4. The molecule has 0 aliphatic heterocycles. The van der Waals surface area contributed by atoms with E-state index in [2.05, 4.69) is 183 Å². The first-order valence-electron chi connectivity index (χ1n) is 17.0. The van der Waals surface area contributed by atoms with Gasteiger partial charge in [-0.05, 0) is 80.4 Å². The molecular weight excluding hydrogens is 611 g/mol. The van der Waals surface area contributed by atoms with Crippen molar-refractivity contribution >= 4 is 70.1 Å². The normalized spacial score (nSPS) is 13.3. The standard InChI is InChI=1S/C47H33NS/c1-47(2)41-22-12-10-18-35(41)36-26-24-32(29-42(36)47)48(31-25-27-44-40(28-31)37-19-11-13-23-43(37)49-44)46-39-21-9-7-17-34(39)33-16-6-8-20-38(33)45(46)30-14-4-3-5-15-30/h3-29H,1-2H3. The van der Waals surface area contributed by atoms with Crippen molar-refractivity contribution < 1.29 is 0 Å². The fourth-order valence-electron chi connectivity index (χ4n) is 8.34. The van der Waals surface area contributed by atoms with Gasteiger partial charge in [-0.25, -0.2) is 0 Å². The van der Waals surface area contributed by atoms with E-state index in [4.69, 9.17) is 0 Å². The summed E-state index contributed by atoms with van der Waals surface area (Å²) in [6.45, 7) is 4.74. The van der Waals surface area contributed by atoms with Crippen LogP contribution in [0.4, 0.5) is 17.1 Å². The zero-order valence-corrected chi connectivity index (χ0v) is 28.3. The second-order valence-corrected chi connectivity index (χ2v) is 14.8. The SMILES string of the molecule is CC1(C)c2ccccc2-c2ccc(N(c3ccc4sc5ccccc5c4c3)c3c(-c4ccccc4)c4ccccc4c4ccccc34)cc21. The van der Waals surface area contributed by atoms with Gasteiger partial charge in [0.2, 0.25) is 0 Å². The molecule has 10 rings (SSSR count). The lowest BCUT2D eigenvalue weighted by molar-refractivity contribution is 0.660. The van der Waals surface area contributed by atoms with E-state index in [1.54, 1.807) is 0 Å². The molecule has 1 aliphatic rings. The Hall–Kier alpha value is -5.70. The van der Waals surface area contributed by atoms with Crippen LogP contribution in [0, 0.1) is 0 Å². The van der Waals surface area contributed by atoms with Crippen molar-refractivity contribution in [3.63, 3.8) is 0 Å². The van der Waals surface area contributed by atoms with Crippen molar-refractivity contribution in [1.82, 2.24) is 0 Å². The molecule has 0 amide bonds. The Balaban J connectivity index is 1.35. The number of thiophene rings is 1. The highest BCUT2D eigenvalue weighted by Crippen LogP contribution is 2.54. The monoisotopic (exact) mass is 643 g/mol. The van der Waals surface area contributed by atoms with Crippen molar-refractivity contribution in [2.24, 2.45) is 0 Å². The summed E-state index contributed by atoms with van der Waals surface area (Å²) in [5, 5.41) is 7.62. The number of fused-ring (bicyclic) bond motifs is 9. The van der Waals surface area contributed by atoms with Crippen LogP contribution in [0.5, 0.6) is 0 Å². The molecule has 2 heteroatoms. The summed E-state index contributed by atoms with van der Waals surface area (Å²) in [6.07, 6.45) is 0. The van der Waals surface area contributed by atoms with Gasteiger partial charge in [-0.3, -0.25) is 0 Å². The Labute approximate surface area is 290 Å². The lowest BCUT2D eigenvalue weighted by atomic mass is 9.82. The predicted molar refractivity (Wildman–Crippen MR) is 212 cm³/mol. The molecule has 1 aromatic heterocycles. The van der Waals surface area contributed by atoms with Crippen LogP contribution in [0.15, 0.2) is 164 Å². The van der Waals surface area contributed by atoms with Crippen LogP contribution in [0.25, 0.3) is 64.0 Å². The van der Waals surface area contributed by atoms with Gasteiger partial charge in [0, 0.05) is 47.9 Å². The summed E-state index contributed by atoms with van der Waals surface area (Å²) in [5.41, 5.74) is 11.3. The molecule has 0 fully saturated rings. The van der Waals surface area contributed by atoms with Gasteiger partial charge < -0.3 is 4.90 Å². The number of hydrogen-bond donors (Lipinski definition) is 0. The highest BCUT2D eigenvalue weighted by atomic mass is 32.1. The molecule has 0 saturated heterocycles. The molecular formula is C47H33NS. The molecule has 1 aliphatic carbocycles. The van der Waals surface area contributed by atoms with Gasteiger partial charge in [0.25, 0.3) is 0 Å². The molecule has 1 nitrogen and oxygen atoms in total. The molecule has 0 saturated carbocycles. The Kier molecular flexibility index (Phi) is 6.16. The lowest BCUT2D eigenvalue weighted by Crippen LogP contribution is -2.17. The molecule has 0 radical (unpaired) electrons. The molecule has 0 spiro atoms. The second-order valence-electron chi connectivity index (χ2n) is 13.7. The van der Waals surface area contributed by atoms with Crippen LogP contribution in [0.1, 0.15) is 25.0 Å². The molecule has 0 unspecified atom stereocenters. The summed E-state index contributed by atoms with van der Waals surface area (Å²) in [6, 6.07) is 60.7. The van der Waals surface area contributed by atoms with Gasteiger partial charge in [0.1, 0.15) is 0 Å². The maximum Gasteiger partial charge on any atom is 0.0624 e. The zero-order chi connectivity index (χ0) is 32.7. The average molecular weight is 644 g/mol. The molecule has 49 heavy (non-hydrogen) atoms. The van der Waals surface area contributed by atoms with Gasteiger partial charge >= 0.3 is 0 Å². The Morgan fingerprint density at radius 3 is 1.82 bits per heavy atom. The van der Waals surface area contributed by atoms with E-state index >= 15 is 0 Å². The zero-order valence-electron chi connectivity index (χ0n) is 27.4. The summed E-state index contributed by atoms with van der Waals surface area (Å²) in [7, 11) is 0. The molecule has 0 N–H and O–H groups in total. The maximum atomic E-state index is 2.54. The third kappa shape index (κ3) is 4.17. The van der Waals surface area contributed by atoms with E-state index < -0.39 is 0 Å². The molecule has 9 aromatic rings. The third-order valence-corrected chi connectivity index (χ3v) is 11.8. The minimum atomic E-state index is -0.116. The topological polar surface area (TPSA) is 3.24 Å². The summed E-state index contributed by atoms with van der Waals surface area (Å²) < 4.78 is 2.63. The summed E-state index contributed by atoms with van der Waals surface area (Å²) in [5.74, 6) is 0. The van der Waals surface area contributed by atoms with E-state index in [1.807, 2.05) is 11.3 Å². The maximum absolute atomic E-state index is 2.54. The van der Waals surface area contributed by atoms with Crippen LogP contribution in [-0.4, -0.2) is 0 Å². The number of anilines is 3. The smallest absolute Gasteiger partial charge is 0.0624 e. The second kappa shape index (κ2) is 10.7. The van der Waals surface area contributed by atoms with Gasteiger partial charge in [-0.15, -0.1) is 11.3 Å². The molecule has 8 aromatic carbocycles.